The summed E-state index contributed by atoms with van der Waals surface area (Å²) in [6.45, 7) is 0.578. The van der Waals surface area contributed by atoms with Gasteiger partial charge in [0, 0.05) is 16.7 Å². The van der Waals surface area contributed by atoms with Gasteiger partial charge >= 0.3 is 0 Å². The molecule has 2 heteroatoms. The summed E-state index contributed by atoms with van der Waals surface area (Å²) in [6.07, 6.45) is 0. The second kappa shape index (κ2) is 12.8. The van der Waals surface area contributed by atoms with Crippen LogP contribution in [0.1, 0.15) is 5.56 Å². The van der Waals surface area contributed by atoms with Gasteiger partial charge in [-0.25, -0.2) is 4.98 Å². The van der Waals surface area contributed by atoms with Crippen LogP contribution in [-0.4, -0.2) is 4.98 Å². The first-order valence-electron chi connectivity index (χ1n) is 17.1. The Morgan fingerprint density at radius 3 is 1.54 bits per heavy atom. The number of ether oxygens (including phenoxy) is 1. The van der Waals surface area contributed by atoms with Gasteiger partial charge in [-0.15, -0.1) is 0 Å². The van der Waals surface area contributed by atoms with E-state index in [1.165, 1.54) is 44.5 Å². The van der Waals surface area contributed by atoms with E-state index in [0.717, 1.165) is 45.0 Å². The molecule has 0 radical (unpaired) electrons. The lowest BCUT2D eigenvalue weighted by Gasteiger charge is -2.23. The largest absolute Gasteiger partial charge is 0.488 e. The summed E-state index contributed by atoms with van der Waals surface area (Å²) in [5.41, 5.74) is 17.1. The fraction of sp³-hybridized carbons (Fsp3) is 0.0208. The minimum Gasteiger partial charge on any atom is -0.488 e. The summed E-state index contributed by atoms with van der Waals surface area (Å²) < 4.78 is 6.07. The number of hydrogen-bond acceptors (Lipinski definition) is 2. The number of rotatable bonds is 6. The Labute approximate surface area is 293 Å². The predicted octanol–water partition coefficient (Wildman–Crippen LogP) is 12.6. The molecule has 0 atom stereocenters. The molecular formula is C48H33NO. The molecular weight excluding hydrogens is 607 g/mol. The molecule has 2 heterocycles. The van der Waals surface area contributed by atoms with E-state index in [-0.39, 0.29) is 0 Å². The minimum absolute atomic E-state index is 0.578. The van der Waals surface area contributed by atoms with E-state index in [0.29, 0.717) is 6.61 Å². The fourth-order valence-electron chi connectivity index (χ4n) is 7.04. The van der Waals surface area contributed by atoms with Crippen LogP contribution in [0.4, 0.5) is 0 Å². The average Bonchev–Trinajstić information content (AvgIpc) is 3.21. The highest BCUT2D eigenvalue weighted by Crippen LogP contribution is 2.43. The van der Waals surface area contributed by atoms with Crippen LogP contribution in [-0.2, 0) is 6.61 Å². The van der Waals surface area contributed by atoms with Crippen molar-refractivity contribution >= 4 is 0 Å². The van der Waals surface area contributed by atoms with Gasteiger partial charge < -0.3 is 4.74 Å². The number of benzene rings is 7. The minimum atomic E-state index is 0.578. The van der Waals surface area contributed by atoms with Gasteiger partial charge in [0.25, 0.3) is 0 Å². The standard InChI is InChI=1S/C48H33NO/c1-3-12-33(13-4-1)37-16-9-18-39(28-37)42-30-45(49-46(31-42)40-19-10-17-38(29-40)34-14-5-2-6-15-34)36-26-24-35(25-27-36)43-22-11-20-41-32-50-47-23-8-7-21-44(47)48(41)43/h1-31H,32H2. The molecule has 2 nitrogen and oxygen atoms in total. The molecule has 1 aliphatic heterocycles. The number of aromatic nitrogens is 1. The van der Waals surface area contributed by atoms with Crippen molar-refractivity contribution in [3.63, 3.8) is 0 Å². The first kappa shape index (κ1) is 29.6. The summed E-state index contributed by atoms with van der Waals surface area (Å²) in [5.74, 6) is 0.935. The van der Waals surface area contributed by atoms with Gasteiger partial charge in [0.1, 0.15) is 12.4 Å². The van der Waals surface area contributed by atoms with E-state index in [1.807, 2.05) is 6.07 Å². The summed E-state index contributed by atoms with van der Waals surface area (Å²) in [4.78, 5) is 5.30. The molecule has 0 saturated carbocycles. The van der Waals surface area contributed by atoms with Crippen molar-refractivity contribution in [1.82, 2.24) is 4.98 Å². The maximum Gasteiger partial charge on any atom is 0.127 e. The Morgan fingerprint density at radius 1 is 0.340 bits per heavy atom. The van der Waals surface area contributed by atoms with Crippen molar-refractivity contribution in [2.24, 2.45) is 0 Å². The van der Waals surface area contributed by atoms with Crippen molar-refractivity contribution in [3.8, 4) is 83.9 Å². The van der Waals surface area contributed by atoms with E-state index < -0.39 is 0 Å². The van der Waals surface area contributed by atoms with Gasteiger partial charge in [-0.2, -0.15) is 0 Å². The molecule has 0 spiro atoms. The lowest BCUT2D eigenvalue weighted by molar-refractivity contribution is 0.302. The molecule has 9 rings (SSSR count). The molecule has 0 unspecified atom stereocenters. The second-order valence-electron chi connectivity index (χ2n) is 12.7. The Balaban J connectivity index is 1.15. The fourth-order valence-corrected chi connectivity index (χ4v) is 7.04. The summed E-state index contributed by atoms with van der Waals surface area (Å²) >= 11 is 0. The van der Waals surface area contributed by atoms with E-state index in [9.17, 15) is 0 Å². The number of nitrogens with zero attached hydrogens (tertiary/aromatic N) is 1. The lowest BCUT2D eigenvalue weighted by Crippen LogP contribution is -2.06. The predicted molar refractivity (Wildman–Crippen MR) is 207 cm³/mol. The molecule has 0 bridgehead atoms. The smallest absolute Gasteiger partial charge is 0.127 e. The van der Waals surface area contributed by atoms with Gasteiger partial charge in [-0.1, -0.05) is 158 Å². The third-order valence-corrected chi connectivity index (χ3v) is 9.58. The van der Waals surface area contributed by atoms with Crippen molar-refractivity contribution in [3.05, 3.63) is 194 Å². The highest BCUT2D eigenvalue weighted by molar-refractivity contribution is 5.90. The van der Waals surface area contributed by atoms with E-state index >= 15 is 0 Å². The molecule has 0 fully saturated rings. The molecule has 1 aliphatic rings. The SMILES string of the molecule is c1ccc(-c2cccc(-c3cc(-c4ccc(-c5cccc6c5-c5ccccc5OC6)cc4)nc(-c4cccc(-c5ccccc5)c4)c3)c2)cc1. The van der Waals surface area contributed by atoms with Crippen LogP contribution < -0.4 is 4.74 Å². The van der Waals surface area contributed by atoms with Crippen LogP contribution in [0.3, 0.4) is 0 Å². The van der Waals surface area contributed by atoms with Crippen LogP contribution in [0.5, 0.6) is 5.75 Å². The first-order valence-corrected chi connectivity index (χ1v) is 17.1. The number of fused-ring (bicyclic) bond motifs is 3. The molecule has 50 heavy (non-hydrogen) atoms. The molecule has 0 N–H and O–H groups in total. The average molecular weight is 640 g/mol. The highest BCUT2D eigenvalue weighted by atomic mass is 16.5. The second-order valence-corrected chi connectivity index (χ2v) is 12.7. The van der Waals surface area contributed by atoms with Crippen molar-refractivity contribution in [1.29, 1.82) is 0 Å². The van der Waals surface area contributed by atoms with Gasteiger partial charge in [-0.3, -0.25) is 0 Å². The monoisotopic (exact) mass is 639 g/mol. The molecule has 8 aromatic rings. The van der Waals surface area contributed by atoms with Crippen LogP contribution >= 0.6 is 0 Å². The topological polar surface area (TPSA) is 22.1 Å². The maximum atomic E-state index is 6.07. The summed E-state index contributed by atoms with van der Waals surface area (Å²) in [6, 6.07) is 66.7. The van der Waals surface area contributed by atoms with Gasteiger partial charge in [0.2, 0.25) is 0 Å². The van der Waals surface area contributed by atoms with E-state index in [1.54, 1.807) is 0 Å². The Hall–Kier alpha value is -6.51. The number of pyridine rings is 1. The molecule has 236 valence electrons. The van der Waals surface area contributed by atoms with E-state index in [4.69, 9.17) is 9.72 Å². The van der Waals surface area contributed by atoms with Gasteiger partial charge in [-0.05, 0) is 86.0 Å². The molecule has 1 aromatic heterocycles. The van der Waals surface area contributed by atoms with Crippen molar-refractivity contribution in [2.45, 2.75) is 6.61 Å². The Kier molecular flexibility index (Phi) is 7.60. The Morgan fingerprint density at radius 2 is 0.840 bits per heavy atom. The molecule has 0 amide bonds. The molecule has 7 aromatic carbocycles. The quantitative estimate of drug-likeness (QED) is 0.181. The zero-order valence-corrected chi connectivity index (χ0v) is 27.5. The van der Waals surface area contributed by atoms with Crippen LogP contribution in [0.25, 0.3) is 78.1 Å². The molecule has 0 saturated heterocycles. The summed E-state index contributed by atoms with van der Waals surface area (Å²) in [5, 5.41) is 0. The molecule has 0 aliphatic carbocycles. The summed E-state index contributed by atoms with van der Waals surface area (Å²) in [7, 11) is 0. The first-order chi connectivity index (χ1) is 24.8. The normalized spacial score (nSPS) is 11.7. The number of para-hydroxylation sites is 1. The lowest BCUT2D eigenvalue weighted by atomic mass is 9.88. The van der Waals surface area contributed by atoms with Crippen molar-refractivity contribution < 1.29 is 4.74 Å². The van der Waals surface area contributed by atoms with Crippen LogP contribution in [0.2, 0.25) is 0 Å². The van der Waals surface area contributed by atoms with E-state index in [2.05, 4.69) is 182 Å². The number of hydrogen-bond donors (Lipinski definition) is 0. The van der Waals surface area contributed by atoms with Crippen LogP contribution in [0, 0.1) is 0 Å². The Bertz CT molecular complexity index is 2360. The third-order valence-electron chi connectivity index (χ3n) is 9.58. The van der Waals surface area contributed by atoms with Crippen LogP contribution in [0.15, 0.2) is 188 Å². The van der Waals surface area contributed by atoms with Crippen molar-refractivity contribution in [2.75, 3.05) is 0 Å². The maximum absolute atomic E-state index is 6.07. The van der Waals surface area contributed by atoms with Gasteiger partial charge in [0.15, 0.2) is 0 Å². The highest BCUT2D eigenvalue weighted by Gasteiger charge is 2.20. The van der Waals surface area contributed by atoms with Gasteiger partial charge in [0.05, 0.1) is 11.4 Å². The third kappa shape index (κ3) is 5.67. The zero-order chi connectivity index (χ0) is 33.3. The zero-order valence-electron chi connectivity index (χ0n) is 27.5.